The number of carbonyl (C=O) groups is 1. The fourth-order valence-electron chi connectivity index (χ4n) is 2.71. The molecular formula is C17H17NO4. The average molecular weight is 299 g/mol. The second kappa shape index (κ2) is 5.67. The summed E-state index contributed by atoms with van der Waals surface area (Å²) in [6, 6.07) is 7.29. The second-order valence-corrected chi connectivity index (χ2v) is 5.35. The lowest BCUT2D eigenvalue weighted by molar-refractivity contribution is 0.0694. The van der Waals surface area contributed by atoms with Crippen LogP contribution in [0.25, 0.3) is 11.3 Å². The Kier molecular flexibility index (Phi) is 3.71. The van der Waals surface area contributed by atoms with Crippen LogP contribution in [0.5, 0.6) is 5.75 Å². The first-order valence-electron chi connectivity index (χ1n) is 7.34. The molecule has 5 heteroatoms. The highest BCUT2D eigenvalue weighted by Gasteiger charge is 2.19. The fraction of sp³-hybridized carbons (Fsp3) is 0.294. The van der Waals surface area contributed by atoms with Gasteiger partial charge < -0.3 is 14.4 Å². The smallest absolute Gasteiger partial charge is 0.341 e. The van der Waals surface area contributed by atoms with E-state index in [0.717, 1.165) is 35.4 Å². The van der Waals surface area contributed by atoms with Crippen molar-refractivity contribution in [2.45, 2.75) is 26.3 Å². The first kappa shape index (κ1) is 14.4. The van der Waals surface area contributed by atoms with Crippen LogP contribution < -0.4 is 10.2 Å². The molecule has 0 bridgehead atoms. The maximum absolute atomic E-state index is 12.0. The molecule has 22 heavy (non-hydrogen) atoms. The van der Waals surface area contributed by atoms with Gasteiger partial charge in [0, 0.05) is 24.4 Å². The van der Waals surface area contributed by atoms with Crippen molar-refractivity contribution in [2.24, 2.45) is 0 Å². The third-order valence-corrected chi connectivity index (χ3v) is 3.81. The number of aromatic nitrogens is 1. The van der Waals surface area contributed by atoms with Crippen LogP contribution in [0.4, 0.5) is 0 Å². The molecule has 1 N–H and O–H groups in total. The van der Waals surface area contributed by atoms with Crippen LogP contribution in [0.2, 0.25) is 0 Å². The zero-order chi connectivity index (χ0) is 15.7. The van der Waals surface area contributed by atoms with Gasteiger partial charge in [0.2, 0.25) is 0 Å². The van der Waals surface area contributed by atoms with Gasteiger partial charge in [0.15, 0.2) is 5.43 Å². The van der Waals surface area contributed by atoms with E-state index in [0.29, 0.717) is 13.2 Å². The Morgan fingerprint density at radius 3 is 2.91 bits per heavy atom. The van der Waals surface area contributed by atoms with E-state index in [2.05, 4.69) is 0 Å². The number of aromatic carboxylic acids is 1. The predicted octanol–water partition coefficient (Wildman–Crippen LogP) is 2.56. The first-order valence-corrected chi connectivity index (χ1v) is 7.34. The van der Waals surface area contributed by atoms with Gasteiger partial charge >= 0.3 is 5.97 Å². The maximum Gasteiger partial charge on any atom is 0.341 e. The molecule has 2 aromatic rings. The Balaban J connectivity index is 2.10. The minimum atomic E-state index is -1.19. The van der Waals surface area contributed by atoms with E-state index in [1.54, 1.807) is 0 Å². The highest BCUT2D eigenvalue weighted by atomic mass is 16.5. The number of hydrogen-bond acceptors (Lipinski definition) is 3. The molecule has 0 atom stereocenters. The molecule has 0 saturated heterocycles. The second-order valence-electron chi connectivity index (χ2n) is 5.35. The molecule has 0 unspecified atom stereocenters. The molecule has 114 valence electrons. The largest absolute Gasteiger partial charge is 0.494 e. The number of carboxylic acid groups (broad SMARTS) is 1. The summed E-state index contributed by atoms with van der Waals surface area (Å²) in [4.78, 5) is 23.1. The molecule has 1 aliphatic rings. The molecule has 0 aliphatic carbocycles. The van der Waals surface area contributed by atoms with Gasteiger partial charge in [-0.15, -0.1) is 0 Å². The molecule has 1 aromatic carbocycles. The summed E-state index contributed by atoms with van der Waals surface area (Å²) in [6.07, 6.45) is 3.16. The third kappa shape index (κ3) is 2.50. The van der Waals surface area contributed by atoms with Crippen molar-refractivity contribution in [3.05, 3.63) is 51.8 Å². The van der Waals surface area contributed by atoms with Gasteiger partial charge in [-0.05, 0) is 30.5 Å². The molecule has 3 rings (SSSR count). The Bertz CT molecular complexity index is 792. The Hall–Kier alpha value is -2.56. The van der Waals surface area contributed by atoms with Crippen molar-refractivity contribution in [1.29, 1.82) is 0 Å². The molecule has 0 spiro atoms. The minimum absolute atomic E-state index is 0.189. The standard InChI is InChI=1S/C17H17NO4/c1-2-7-22-12-4-3-11-5-6-18-10-14(17(20)21)16(19)9-15(18)13(11)8-12/h3-4,8-10H,2,5-7H2,1H3,(H,20,21). The zero-order valence-corrected chi connectivity index (χ0v) is 12.3. The SMILES string of the molecule is CCCOc1ccc2c(c1)-c1cc(=O)c(C(=O)O)cn1CC2. The van der Waals surface area contributed by atoms with Crippen molar-refractivity contribution >= 4 is 5.97 Å². The van der Waals surface area contributed by atoms with Crippen LogP contribution in [-0.2, 0) is 13.0 Å². The summed E-state index contributed by atoms with van der Waals surface area (Å²) < 4.78 is 7.48. The number of carboxylic acids is 1. The van der Waals surface area contributed by atoms with Gasteiger partial charge in [0.1, 0.15) is 11.3 Å². The third-order valence-electron chi connectivity index (χ3n) is 3.81. The highest BCUT2D eigenvalue weighted by molar-refractivity contribution is 5.87. The van der Waals surface area contributed by atoms with Gasteiger partial charge in [-0.25, -0.2) is 4.79 Å². The normalized spacial score (nSPS) is 12.4. The number of fused-ring (bicyclic) bond motifs is 3. The summed E-state index contributed by atoms with van der Waals surface area (Å²) in [5, 5.41) is 9.07. The molecule has 2 heterocycles. The first-order chi connectivity index (χ1) is 10.6. The van der Waals surface area contributed by atoms with Gasteiger partial charge in [-0.1, -0.05) is 13.0 Å². The van der Waals surface area contributed by atoms with E-state index in [-0.39, 0.29) is 5.56 Å². The molecule has 5 nitrogen and oxygen atoms in total. The summed E-state index contributed by atoms with van der Waals surface area (Å²) >= 11 is 0. The zero-order valence-electron chi connectivity index (χ0n) is 12.3. The molecule has 0 radical (unpaired) electrons. The monoisotopic (exact) mass is 299 g/mol. The number of hydrogen-bond donors (Lipinski definition) is 1. The van der Waals surface area contributed by atoms with Crippen LogP contribution >= 0.6 is 0 Å². The Labute approximate surface area is 127 Å². The minimum Gasteiger partial charge on any atom is -0.494 e. The quantitative estimate of drug-likeness (QED) is 0.942. The lowest BCUT2D eigenvalue weighted by Crippen LogP contribution is -2.21. The van der Waals surface area contributed by atoms with Gasteiger partial charge in [0.05, 0.1) is 12.3 Å². The van der Waals surface area contributed by atoms with Gasteiger partial charge in [-0.2, -0.15) is 0 Å². The summed E-state index contributed by atoms with van der Waals surface area (Å²) in [5.41, 5.74) is 2.18. The van der Waals surface area contributed by atoms with E-state index in [1.807, 2.05) is 29.7 Å². The summed E-state index contributed by atoms with van der Waals surface area (Å²) in [5.74, 6) is -0.421. The molecule has 0 amide bonds. The molecule has 0 saturated carbocycles. The van der Waals surface area contributed by atoms with E-state index < -0.39 is 11.4 Å². The average Bonchev–Trinajstić information content (AvgIpc) is 2.51. The fourth-order valence-corrected chi connectivity index (χ4v) is 2.71. The number of nitrogens with zero attached hydrogens (tertiary/aromatic N) is 1. The number of pyridine rings is 1. The summed E-state index contributed by atoms with van der Waals surface area (Å²) in [7, 11) is 0. The van der Waals surface area contributed by atoms with Crippen molar-refractivity contribution in [1.82, 2.24) is 4.57 Å². The number of ether oxygens (including phenoxy) is 1. The van der Waals surface area contributed by atoms with Crippen LogP contribution in [0.15, 0.2) is 35.3 Å². The van der Waals surface area contributed by atoms with E-state index in [4.69, 9.17) is 9.84 Å². The van der Waals surface area contributed by atoms with Crippen LogP contribution in [0.1, 0.15) is 29.3 Å². The van der Waals surface area contributed by atoms with E-state index in [9.17, 15) is 9.59 Å². The number of benzene rings is 1. The van der Waals surface area contributed by atoms with Crippen LogP contribution in [0, 0.1) is 0 Å². The number of aryl methyl sites for hydroxylation is 2. The highest BCUT2D eigenvalue weighted by Crippen LogP contribution is 2.31. The summed E-state index contributed by atoms with van der Waals surface area (Å²) in [6.45, 7) is 3.35. The van der Waals surface area contributed by atoms with Crippen molar-refractivity contribution in [2.75, 3.05) is 6.61 Å². The number of rotatable bonds is 4. The van der Waals surface area contributed by atoms with Gasteiger partial charge in [0.25, 0.3) is 0 Å². The van der Waals surface area contributed by atoms with Crippen LogP contribution in [0.3, 0.4) is 0 Å². The van der Waals surface area contributed by atoms with Crippen molar-refractivity contribution < 1.29 is 14.6 Å². The predicted molar refractivity (Wildman–Crippen MR) is 82.6 cm³/mol. The molecular weight excluding hydrogens is 282 g/mol. The van der Waals surface area contributed by atoms with Crippen molar-refractivity contribution in [3.8, 4) is 17.0 Å². The lowest BCUT2D eigenvalue weighted by atomic mass is 9.96. The molecule has 0 fully saturated rings. The van der Waals surface area contributed by atoms with E-state index in [1.165, 1.54) is 12.3 Å². The lowest BCUT2D eigenvalue weighted by Gasteiger charge is -2.23. The van der Waals surface area contributed by atoms with Crippen molar-refractivity contribution in [3.63, 3.8) is 0 Å². The van der Waals surface area contributed by atoms with Crippen LogP contribution in [-0.4, -0.2) is 22.2 Å². The maximum atomic E-state index is 12.0. The molecule has 1 aliphatic heterocycles. The Morgan fingerprint density at radius 2 is 2.18 bits per heavy atom. The van der Waals surface area contributed by atoms with Gasteiger partial charge in [-0.3, -0.25) is 4.79 Å². The van der Waals surface area contributed by atoms with E-state index >= 15 is 0 Å². The molecule has 1 aromatic heterocycles. The Morgan fingerprint density at radius 1 is 1.36 bits per heavy atom. The topological polar surface area (TPSA) is 68.5 Å².